The first-order valence-electron chi connectivity index (χ1n) is 10.6. The van der Waals surface area contributed by atoms with E-state index in [1.807, 2.05) is 37.4 Å². The van der Waals surface area contributed by atoms with Crippen LogP contribution in [0.1, 0.15) is 18.9 Å². The van der Waals surface area contributed by atoms with E-state index in [0.29, 0.717) is 31.3 Å². The summed E-state index contributed by atoms with van der Waals surface area (Å²) < 4.78 is 13.3. The lowest BCUT2D eigenvalue weighted by molar-refractivity contribution is -0.121. The van der Waals surface area contributed by atoms with Crippen LogP contribution < -0.4 is 14.8 Å². The van der Waals surface area contributed by atoms with Crippen LogP contribution in [0.5, 0.6) is 11.5 Å². The Morgan fingerprint density at radius 2 is 1.84 bits per heavy atom. The van der Waals surface area contributed by atoms with E-state index in [0.717, 1.165) is 39.5 Å². The molecular formula is C24H24N4O3. The molecule has 0 saturated carbocycles. The second-order valence-electron chi connectivity index (χ2n) is 7.76. The van der Waals surface area contributed by atoms with Gasteiger partial charge in [0, 0.05) is 35.1 Å². The number of hydrogen-bond donors (Lipinski definition) is 1. The van der Waals surface area contributed by atoms with Crippen LogP contribution in [0, 0.1) is 6.92 Å². The van der Waals surface area contributed by atoms with Gasteiger partial charge in [-0.3, -0.25) is 14.5 Å². The standard InChI is InChI=1S/C24H24N4O3/c1-3-8-25-22(29)14-28-24-17-11-20-21(31-10-9-30-20)12-19(17)26-13-18(24)23(27-28)16-6-4-15(2)5-7-16/h4-7,11-13H,3,8-10,14H2,1-2H3,(H,25,29). The van der Waals surface area contributed by atoms with Crippen LogP contribution in [-0.2, 0) is 11.3 Å². The van der Waals surface area contributed by atoms with E-state index in [4.69, 9.17) is 14.6 Å². The Bertz CT molecular complexity index is 1280. The molecule has 0 fully saturated rings. The highest BCUT2D eigenvalue weighted by atomic mass is 16.6. The fourth-order valence-corrected chi connectivity index (χ4v) is 3.89. The minimum absolute atomic E-state index is 0.0655. The van der Waals surface area contributed by atoms with Crippen LogP contribution in [0.2, 0.25) is 0 Å². The molecule has 0 atom stereocenters. The number of nitrogens with one attached hydrogen (secondary N) is 1. The zero-order valence-corrected chi connectivity index (χ0v) is 17.6. The summed E-state index contributed by atoms with van der Waals surface area (Å²) in [5, 5.41) is 9.57. The summed E-state index contributed by atoms with van der Waals surface area (Å²) in [5.41, 5.74) is 4.62. The van der Waals surface area contributed by atoms with Crippen molar-refractivity contribution in [3.05, 3.63) is 48.2 Å². The number of rotatable bonds is 5. The molecule has 4 aromatic rings. The maximum atomic E-state index is 12.5. The highest BCUT2D eigenvalue weighted by Crippen LogP contribution is 2.38. The number of carbonyl (C=O) groups is 1. The summed E-state index contributed by atoms with van der Waals surface area (Å²) in [4.78, 5) is 17.2. The number of aryl methyl sites for hydroxylation is 1. The number of fused-ring (bicyclic) bond motifs is 4. The highest BCUT2D eigenvalue weighted by molar-refractivity contribution is 6.09. The summed E-state index contributed by atoms with van der Waals surface area (Å²) in [6.45, 7) is 5.89. The van der Waals surface area contributed by atoms with E-state index in [1.54, 1.807) is 4.68 Å². The summed E-state index contributed by atoms with van der Waals surface area (Å²) >= 11 is 0. The quantitative estimate of drug-likeness (QED) is 0.535. The maximum absolute atomic E-state index is 12.5. The Morgan fingerprint density at radius 3 is 2.58 bits per heavy atom. The molecule has 1 amide bonds. The molecule has 0 saturated heterocycles. The Kier molecular flexibility index (Phi) is 4.94. The van der Waals surface area contributed by atoms with Gasteiger partial charge in [0.1, 0.15) is 25.5 Å². The van der Waals surface area contributed by atoms with Crippen molar-refractivity contribution < 1.29 is 14.3 Å². The SMILES string of the molecule is CCCNC(=O)Cn1nc(-c2ccc(C)cc2)c2cnc3cc4c(cc3c21)OCCO4. The monoisotopic (exact) mass is 416 g/mol. The Labute approximate surface area is 180 Å². The molecule has 3 heterocycles. The average Bonchev–Trinajstić information content (AvgIpc) is 3.15. The first-order chi connectivity index (χ1) is 15.1. The van der Waals surface area contributed by atoms with Gasteiger partial charge in [-0.15, -0.1) is 0 Å². The van der Waals surface area contributed by atoms with Crippen molar-refractivity contribution in [1.82, 2.24) is 20.1 Å². The minimum atomic E-state index is -0.0655. The van der Waals surface area contributed by atoms with E-state index >= 15 is 0 Å². The molecule has 5 rings (SSSR count). The van der Waals surface area contributed by atoms with Gasteiger partial charge in [0.05, 0.1) is 11.0 Å². The normalized spacial score (nSPS) is 13.0. The Morgan fingerprint density at radius 1 is 1.10 bits per heavy atom. The molecule has 1 aliphatic heterocycles. The van der Waals surface area contributed by atoms with Crippen LogP contribution in [0.15, 0.2) is 42.6 Å². The number of pyridine rings is 1. The lowest BCUT2D eigenvalue weighted by atomic mass is 10.1. The molecule has 0 bridgehead atoms. The van der Waals surface area contributed by atoms with Crippen LogP contribution in [0.3, 0.4) is 0 Å². The molecule has 158 valence electrons. The van der Waals surface area contributed by atoms with E-state index in [9.17, 15) is 4.79 Å². The second-order valence-corrected chi connectivity index (χ2v) is 7.76. The number of hydrogen-bond acceptors (Lipinski definition) is 5. The molecule has 2 aromatic heterocycles. The van der Waals surface area contributed by atoms with Gasteiger partial charge in [-0.25, -0.2) is 0 Å². The van der Waals surface area contributed by atoms with Gasteiger partial charge < -0.3 is 14.8 Å². The summed E-state index contributed by atoms with van der Waals surface area (Å²) in [6, 6.07) is 12.1. The zero-order chi connectivity index (χ0) is 21.4. The minimum Gasteiger partial charge on any atom is -0.486 e. The van der Waals surface area contributed by atoms with E-state index in [2.05, 4.69) is 29.4 Å². The molecule has 1 N–H and O–H groups in total. The van der Waals surface area contributed by atoms with E-state index in [-0.39, 0.29) is 12.5 Å². The number of amides is 1. The lowest BCUT2D eigenvalue weighted by Gasteiger charge is -2.19. The van der Waals surface area contributed by atoms with Gasteiger partial charge >= 0.3 is 0 Å². The van der Waals surface area contributed by atoms with Crippen molar-refractivity contribution in [2.45, 2.75) is 26.8 Å². The fourth-order valence-electron chi connectivity index (χ4n) is 3.89. The molecule has 2 aromatic carbocycles. The molecule has 1 aliphatic rings. The molecule has 0 aliphatic carbocycles. The predicted molar refractivity (Wildman–Crippen MR) is 119 cm³/mol. The third-order valence-corrected chi connectivity index (χ3v) is 5.43. The molecule has 0 unspecified atom stereocenters. The first kappa shape index (κ1) is 19.4. The number of carbonyl (C=O) groups excluding carboxylic acids is 1. The van der Waals surface area contributed by atoms with Crippen molar-refractivity contribution in [3.8, 4) is 22.8 Å². The summed E-state index contributed by atoms with van der Waals surface area (Å²) in [5.74, 6) is 1.31. The van der Waals surface area contributed by atoms with Crippen molar-refractivity contribution in [2.75, 3.05) is 19.8 Å². The zero-order valence-electron chi connectivity index (χ0n) is 17.6. The highest BCUT2D eigenvalue weighted by Gasteiger charge is 2.20. The van der Waals surface area contributed by atoms with Gasteiger partial charge in [0.25, 0.3) is 0 Å². The summed E-state index contributed by atoms with van der Waals surface area (Å²) in [6.07, 6.45) is 2.72. The van der Waals surface area contributed by atoms with Crippen LogP contribution in [0.4, 0.5) is 0 Å². The molecule has 31 heavy (non-hydrogen) atoms. The largest absolute Gasteiger partial charge is 0.486 e. The lowest BCUT2D eigenvalue weighted by Crippen LogP contribution is -2.28. The van der Waals surface area contributed by atoms with Gasteiger partial charge in [-0.1, -0.05) is 36.8 Å². The van der Waals surface area contributed by atoms with Crippen LogP contribution >= 0.6 is 0 Å². The summed E-state index contributed by atoms with van der Waals surface area (Å²) in [7, 11) is 0. The fraction of sp³-hybridized carbons (Fsp3) is 0.292. The smallest absolute Gasteiger partial charge is 0.241 e. The molecule has 7 nitrogen and oxygen atoms in total. The van der Waals surface area contributed by atoms with Crippen LogP contribution in [0.25, 0.3) is 33.1 Å². The number of nitrogens with zero attached hydrogens (tertiary/aromatic N) is 3. The second kappa shape index (κ2) is 7.91. The van der Waals surface area contributed by atoms with Crippen molar-refractivity contribution >= 4 is 27.7 Å². The maximum Gasteiger partial charge on any atom is 0.241 e. The molecule has 0 radical (unpaired) electrons. The molecule has 7 heteroatoms. The van der Waals surface area contributed by atoms with Gasteiger partial charge in [0.2, 0.25) is 5.91 Å². The number of benzene rings is 2. The van der Waals surface area contributed by atoms with Crippen molar-refractivity contribution in [3.63, 3.8) is 0 Å². The van der Waals surface area contributed by atoms with E-state index < -0.39 is 0 Å². The van der Waals surface area contributed by atoms with Gasteiger partial charge in [-0.05, 0) is 19.4 Å². The van der Waals surface area contributed by atoms with Gasteiger partial charge in [0.15, 0.2) is 11.5 Å². The number of ether oxygens (including phenoxy) is 2. The van der Waals surface area contributed by atoms with E-state index in [1.165, 1.54) is 5.56 Å². The molecular weight excluding hydrogens is 392 g/mol. The topological polar surface area (TPSA) is 78.3 Å². The Balaban J connectivity index is 1.72. The molecule has 0 spiro atoms. The first-order valence-corrected chi connectivity index (χ1v) is 10.6. The third kappa shape index (κ3) is 3.56. The average molecular weight is 416 g/mol. The predicted octanol–water partition coefficient (Wildman–Crippen LogP) is 3.86. The Hall–Kier alpha value is -3.61. The van der Waals surface area contributed by atoms with Crippen molar-refractivity contribution in [2.24, 2.45) is 0 Å². The van der Waals surface area contributed by atoms with Crippen molar-refractivity contribution in [1.29, 1.82) is 0 Å². The number of aromatic nitrogens is 3. The van der Waals surface area contributed by atoms with Crippen LogP contribution in [-0.4, -0.2) is 40.4 Å². The third-order valence-electron chi connectivity index (χ3n) is 5.43. The van der Waals surface area contributed by atoms with Gasteiger partial charge in [-0.2, -0.15) is 5.10 Å².